The Hall–Kier alpha value is -5.20. The number of carbonyl (C=O) groups excluding carboxylic acids is 2. The van der Waals surface area contributed by atoms with Gasteiger partial charge in [-0.2, -0.15) is 0 Å². The molecule has 12 heteroatoms. The van der Waals surface area contributed by atoms with Crippen molar-refractivity contribution in [2.45, 2.75) is 29.7 Å². The van der Waals surface area contributed by atoms with Crippen molar-refractivity contribution in [3.8, 4) is 17.2 Å². The Morgan fingerprint density at radius 2 is 1.67 bits per heavy atom. The first kappa shape index (κ1) is 32.7. The zero-order valence-corrected chi connectivity index (χ0v) is 27.8. The summed E-state index contributed by atoms with van der Waals surface area (Å²) in [5, 5.41) is 20.3. The van der Waals surface area contributed by atoms with Gasteiger partial charge < -0.3 is 19.3 Å². The largest absolute Gasteiger partial charge is 0.507 e. The Kier molecular flexibility index (Phi) is 9.74. The SMILES string of the molecule is COc1ccc(C2C(=C(O)c3ccc(OCc4ccccc4C)cc3)C(=O)C(=O)N2c2nnc(SCc3ccc(F)cc3)s2)cc1OC. The molecule has 0 aliphatic carbocycles. The van der Waals surface area contributed by atoms with Crippen LogP contribution in [0.5, 0.6) is 17.2 Å². The van der Waals surface area contributed by atoms with Gasteiger partial charge in [-0.1, -0.05) is 65.6 Å². The number of halogens is 1. The molecule has 1 fully saturated rings. The maximum Gasteiger partial charge on any atom is 0.301 e. The Morgan fingerprint density at radius 1 is 0.938 bits per heavy atom. The third kappa shape index (κ3) is 6.76. The number of nitrogens with zero attached hydrogens (tertiary/aromatic N) is 3. The Morgan fingerprint density at radius 3 is 2.38 bits per heavy atom. The summed E-state index contributed by atoms with van der Waals surface area (Å²) in [6, 6.07) is 24.7. The second kappa shape index (κ2) is 14.3. The molecular weight excluding hydrogens is 654 g/mol. The fraction of sp³-hybridized carbons (Fsp3) is 0.167. The molecule has 1 N–H and O–H groups in total. The summed E-state index contributed by atoms with van der Waals surface area (Å²) in [5.41, 5.74) is 3.75. The van der Waals surface area contributed by atoms with Crippen molar-refractivity contribution in [3.63, 3.8) is 0 Å². The number of ketones is 1. The molecule has 6 rings (SSSR count). The zero-order valence-electron chi connectivity index (χ0n) is 26.2. The van der Waals surface area contributed by atoms with Crippen molar-refractivity contribution in [2.24, 2.45) is 0 Å². The lowest BCUT2D eigenvalue weighted by molar-refractivity contribution is -0.132. The minimum atomic E-state index is -1.05. The molecule has 9 nitrogen and oxygen atoms in total. The average molecular weight is 684 g/mol. The number of thioether (sulfide) groups is 1. The molecule has 2 heterocycles. The van der Waals surface area contributed by atoms with Gasteiger partial charge in [0.1, 0.15) is 23.9 Å². The summed E-state index contributed by atoms with van der Waals surface area (Å²) in [5.74, 6) is -0.503. The molecular formula is C36H30FN3O6S2. The van der Waals surface area contributed by atoms with E-state index in [9.17, 15) is 19.1 Å². The maximum absolute atomic E-state index is 13.7. The van der Waals surface area contributed by atoms with Gasteiger partial charge >= 0.3 is 5.91 Å². The van der Waals surface area contributed by atoms with Crippen LogP contribution in [0, 0.1) is 12.7 Å². The predicted octanol–water partition coefficient (Wildman–Crippen LogP) is 7.50. The van der Waals surface area contributed by atoms with Gasteiger partial charge in [0.25, 0.3) is 5.78 Å². The minimum absolute atomic E-state index is 0.114. The van der Waals surface area contributed by atoms with Crippen LogP contribution in [0.1, 0.15) is 33.9 Å². The number of aliphatic hydroxyl groups excluding tert-OH is 1. The number of methoxy groups -OCH3 is 2. The van der Waals surface area contributed by atoms with E-state index in [0.29, 0.717) is 45.1 Å². The molecule has 1 amide bonds. The topological polar surface area (TPSA) is 111 Å². The van der Waals surface area contributed by atoms with Crippen LogP contribution in [0.2, 0.25) is 0 Å². The number of aromatic nitrogens is 2. The van der Waals surface area contributed by atoms with Crippen LogP contribution in [-0.4, -0.2) is 41.2 Å². The number of hydrogen-bond acceptors (Lipinski definition) is 10. The van der Waals surface area contributed by atoms with E-state index in [1.165, 1.54) is 43.0 Å². The molecule has 48 heavy (non-hydrogen) atoms. The fourth-order valence-corrected chi connectivity index (χ4v) is 7.07. The number of Topliss-reactive ketones (excluding diaryl/α,β-unsaturated/α-hetero) is 1. The Balaban J connectivity index is 1.34. The van der Waals surface area contributed by atoms with E-state index >= 15 is 0 Å². The second-order valence-corrected chi connectivity index (χ2v) is 13.0. The lowest BCUT2D eigenvalue weighted by Crippen LogP contribution is -2.29. The molecule has 0 saturated carbocycles. The van der Waals surface area contributed by atoms with Crippen LogP contribution in [-0.2, 0) is 21.9 Å². The molecule has 0 spiro atoms. The van der Waals surface area contributed by atoms with E-state index < -0.39 is 17.7 Å². The van der Waals surface area contributed by atoms with Crippen molar-refractivity contribution in [1.82, 2.24) is 10.2 Å². The molecule has 1 saturated heterocycles. The molecule has 4 aromatic carbocycles. The molecule has 1 aromatic heterocycles. The molecule has 1 aliphatic rings. The second-order valence-electron chi connectivity index (χ2n) is 10.8. The number of aliphatic hydroxyl groups is 1. The predicted molar refractivity (Wildman–Crippen MR) is 182 cm³/mol. The molecule has 0 bridgehead atoms. The van der Waals surface area contributed by atoms with Crippen LogP contribution in [0.4, 0.5) is 9.52 Å². The highest BCUT2D eigenvalue weighted by atomic mass is 32.2. The quantitative estimate of drug-likeness (QED) is 0.0498. The number of aryl methyl sites for hydroxylation is 1. The van der Waals surface area contributed by atoms with E-state index in [2.05, 4.69) is 10.2 Å². The van der Waals surface area contributed by atoms with E-state index in [-0.39, 0.29) is 22.3 Å². The third-order valence-electron chi connectivity index (χ3n) is 7.83. The number of benzene rings is 4. The zero-order chi connectivity index (χ0) is 33.8. The minimum Gasteiger partial charge on any atom is -0.507 e. The number of carbonyl (C=O) groups is 2. The lowest BCUT2D eigenvalue weighted by Gasteiger charge is -2.23. The number of hydrogen-bond donors (Lipinski definition) is 1. The summed E-state index contributed by atoms with van der Waals surface area (Å²) in [6.45, 7) is 2.38. The van der Waals surface area contributed by atoms with Gasteiger partial charge in [-0.05, 0) is 77.7 Å². The van der Waals surface area contributed by atoms with Gasteiger partial charge in [0.2, 0.25) is 5.13 Å². The van der Waals surface area contributed by atoms with E-state index in [0.717, 1.165) is 28.0 Å². The highest BCUT2D eigenvalue weighted by molar-refractivity contribution is 8.00. The monoisotopic (exact) mass is 683 g/mol. The van der Waals surface area contributed by atoms with Gasteiger partial charge in [0, 0.05) is 11.3 Å². The summed E-state index contributed by atoms with van der Waals surface area (Å²) < 4.78 is 30.8. The third-order valence-corrected chi connectivity index (χ3v) is 9.96. The highest BCUT2D eigenvalue weighted by Crippen LogP contribution is 2.45. The number of amides is 1. The van der Waals surface area contributed by atoms with Crippen molar-refractivity contribution < 1.29 is 33.3 Å². The Labute approximate surface area is 284 Å². The van der Waals surface area contributed by atoms with Gasteiger partial charge in [-0.25, -0.2) is 4.39 Å². The van der Waals surface area contributed by atoms with Crippen molar-refractivity contribution in [2.75, 3.05) is 19.1 Å². The maximum atomic E-state index is 13.7. The fourth-order valence-electron chi connectivity index (χ4n) is 5.25. The van der Waals surface area contributed by atoms with Crippen LogP contribution in [0.25, 0.3) is 5.76 Å². The summed E-state index contributed by atoms with van der Waals surface area (Å²) in [7, 11) is 2.99. The van der Waals surface area contributed by atoms with Crippen molar-refractivity contribution in [3.05, 3.63) is 130 Å². The molecule has 1 atom stereocenters. The molecule has 1 unspecified atom stereocenters. The molecule has 0 radical (unpaired) electrons. The Bertz CT molecular complexity index is 2000. The van der Waals surface area contributed by atoms with Gasteiger partial charge in [-0.15, -0.1) is 10.2 Å². The number of ether oxygens (including phenoxy) is 3. The van der Waals surface area contributed by atoms with Gasteiger partial charge in [-0.3, -0.25) is 14.5 Å². The van der Waals surface area contributed by atoms with Crippen LogP contribution >= 0.6 is 23.1 Å². The summed E-state index contributed by atoms with van der Waals surface area (Å²) in [4.78, 5) is 28.6. The first-order chi connectivity index (χ1) is 23.3. The smallest absolute Gasteiger partial charge is 0.301 e. The van der Waals surface area contributed by atoms with Crippen LogP contribution in [0.15, 0.2) is 101 Å². The summed E-state index contributed by atoms with van der Waals surface area (Å²) >= 11 is 2.50. The summed E-state index contributed by atoms with van der Waals surface area (Å²) in [6.07, 6.45) is 0. The average Bonchev–Trinajstić information content (AvgIpc) is 3.68. The van der Waals surface area contributed by atoms with Crippen molar-refractivity contribution >= 4 is 45.7 Å². The first-order valence-corrected chi connectivity index (χ1v) is 16.6. The standard InChI is InChI=1S/C36H30FN3O6S2/c1-21-6-4-5-7-25(21)19-46-27-15-10-23(11-16-27)32(41)30-31(24-12-17-28(44-2)29(18-24)45-3)40(34(43)33(30)42)35-38-39-36(48-35)47-20-22-8-13-26(37)14-9-22/h4-18,31,41H,19-20H2,1-3H3. The van der Waals surface area contributed by atoms with Crippen molar-refractivity contribution in [1.29, 1.82) is 0 Å². The highest BCUT2D eigenvalue weighted by Gasteiger charge is 2.48. The van der Waals surface area contributed by atoms with Crippen LogP contribution in [0.3, 0.4) is 0 Å². The molecule has 1 aliphatic heterocycles. The molecule has 5 aromatic rings. The van der Waals surface area contributed by atoms with Gasteiger partial charge in [0.15, 0.2) is 15.8 Å². The normalized spacial score (nSPS) is 15.5. The number of rotatable bonds is 11. The van der Waals surface area contributed by atoms with E-state index in [1.54, 1.807) is 54.6 Å². The molecule has 244 valence electrons. The first-order valence-electron chi connectivity index (χ1n) is 14.8. The lowest BCUT2D eigenvalue weighted by atomic mass is 9.95. The van der Waals surface area contributed by atoms with E-state index in [1.807, 2.05) is 31.2 Å². The number of anilines is 1. The van der Waals surface area contributed by atoms with Gasteiger partial charge in [0.05, 0.1) is 25.8 Å². The van der Waals surface area contributed by atoms with Crippen LogP contribution < -0.4 is 19.1 Å². The van der Waals surface area contributed by atoms with E-state index in [4.69, 9.17) is 14.2 Å².